The molecule has 0 bridgehead atoms. The summed E-state index contributed by atoms with van der Waals surface area (Å²) >= 11 is 0. The second-order valence-corrected chi connectivity index (χ2v) is 8.03. The van der Waals surface area contributed by atoms with Gasteiger partial charge in [0.05, 0.1) is 13.2 Å². The molecule has 2 fully saturated rings. The average Bonchev–Trinajstić information content (AvgIpc) is 3.31. The number of hydrogen-bond donors (Lipinski definition) is 2. The molecule has 3 rings (SSSR count). The van der Waals surface area contributed by atoms with E-state index < -0.39 is 0 Å². The Hall–Kier alpha value is -1.75. The second kappa shape index (κ2) is 8.76. The van der Waals surface area contributed by atoms with Crippen LogP contribution in [-0.4, -0.2) is 43.2 Å². The zero-order valence-electron chi connectivity index (χ0n) is 16.3. The van der Waals surface area contributed by atoms with Crippen LogP contribution in [0.3, 0.4) is 0 Å². The van der Waals surface area contributed by atoms with Crippen LogP contribution in [0.1, 0.15) is 57.6 Å². The van der Waals surface area contributed by atoms with Crippen molar-refractivity contribution in [2.75, 3.05) is 20.2 Å². The lowest BCUT2D eigenvalue weighted by molar-refractivity contribution is 0.222. The first-order valence-electron chi connectivity index (χ1n) is 10.0. The lowest BCUT2D eigenvalue weighted by Gasteiger charge is -2.25. The molecule has 0 spiro atoms. The van der Waals surface area contributed by atoms with E-state index in [0.717, 1.165) is 36.9 Å². The van der Waals surface area contributed by atoms with E-state index >= 15 is 0 Å². The van der Waals surface area contributed by atoms with Gasteiger partial charge in [-0.1, -0.05) is 38.8 Å². The Balaban J connectivity index is 1.53. The third-order valence-corrected chi connectivity index (χ3v) is 5.82. The Bertz CT molecular complexity index is 581. The minimum absolute atomic E-state index is 0.00626. The van der Waals surface area contributed by atoms with Gasteiger partial charge in [-0.3, -0.25) is 4.90 Å². The highest BCUT2D eigenvalue weighted by Crippen LogP contribution is 2.27. The van der Waals surface area contributed by atoms with Crippen molar-refractivity contribution < 1.29 is 9.53 Å². The molecule has 1 heterocycles. The van der Waals surface area contributed by atoms with Crippen LogP contribution in [0, 0.1) is 5.92 Å². The molecule has 1 aromatic rings. The number of carbonyl (C=O) groups is 1. The van der Waals surface area contributed by atoms with Crippen LogP contribution in [0.2, 0.25) is 0 Å². The monoisotopic (exact) mass is 359 g/mol. The number of amides is 2. The van der Waals surface area contributed by atoms with E-state index in [4.69, 9.17) is 4.74 Å². The first kappa shape index (κ1) is 19.0. The maximum absolute atomic E-state index is 12.6. The molecular weight excluding hydrogens is 326 g/mol. The van der Waals surface area contributed by atoms with Gasteiger partial charge in [-0.05, 0) is 42.9 Å². The zero-order valence-corrected chi connectivity index (χ0v) is 16.3. The molecular formula is C21H33N3O2. The molecule has 2 aliphatic rings. The molecule has 144 valence electrons. The van der Waals surface area contributed by atoms with Crippen molar-refractivity contribution in [3.63, 3.8) is 0 Å². The second-order valence-electron chi connectivity index (χ2n) is 8.03. The molecule has 1 aliphatic carbocycles. The number of ether oxygens (including phenoxy) is 1. The molecule has 1 saturated carbocycles. The Labute approximate surface area is 157 Å². The Morgan fingerprint density at radius 2 is 1.85 bits per heavy atom. The highest BCUT2D eigenvalue weighted by atomic mass is 16.5. The maximum atomic E-state index is 12.6. The van der Waals surface area contributed by atoms with Gasteiger partial charge in [-0.15, -0.1) is 0 Å². The first-order valence-corrected chi connectivity index (χ1v) is 10.0. The van der Waals surface area contributed by atoms with Gasteiger partial charge in [-0.2, -0.15) is 0 Å². The molecule has 1 aliphatic heterocycles. The fraction of sp³-hybridized carbons (Fsp3) is 0.667. The van der Waals surface area contributed by atoms with Gasteiger partial charge in [-0.25, -0.2) is 4.79 Å². The molecule has 2 atom stereocenters. The van der Waals surface area contributed by atoms with E-state index in [9.17, 15) is 4.79 Å². The zero-order chi connectivity index (χ0) is 18.5. The Morgan fingerprint density at radius 1 is 1.15 bits per heavy atom. The van der Waals surface area contributed by atoms with Crippen molar-refractivity contribution in [3.8, 4) is 5.75 Å². The summed E-state index contributed by atoms with van der Waals surface area (Å²) in [6, 6.07) is 8.89. The molecule has 2 amide bonds. The predicted octanol–water partition coefficient (Wildman–Crippen LogP) is 3.71. The average molecular weight is 360 g/mol. The Kier molecular flexibility index (Phi) is 6.41. The van der Waals surface area contributed by atoms with Gasteiger partial charge in [0.15, 0.2) is 0 Å². The minimum Gasteiger partial charge on any atom is -0.497 e. The highest BCUT2D eigenvalue weighted by molar-refractivity contribution is 5.75. The summed E-state index contributed by atoms with van der Waals surface area (Å²) in [6.45, 7) is 6.37. The molecule has 5 heteroatoms. The summed E-state index contributed by atoms with van der Waals surface area (Å²) in [5.41, 5.74) is 1.11. The first-order chi connectivity index (χ1) is 12.6. The van der Waals surface area contributed by atoms with Crippen LogP contribution in [0.15, 0.2) is 24.3 Å². The van der Waals surface area contributed by atoms with Gasteiger partial charge in [0, 0.05) is 25.2 Å². The number of nitrogens with zero attached hydrogens (tertiary/aromatic N) is 1. The third-order valence-electron chi connectivity index (χ3n) is 5.82. The fourth-order valence-electron chi connectivity index (χ4n) is 4.32. The Morgan fingerprint density at radius 3 is 2.46 bits per heavy atom. The van der Waals surface area contributed by atoms with Gasteiger partial charge in [0.2, 0.25) is 0 Å². The quantitative estimate of drug-likeness (QED) is 0.814. The molecule has 2 N–H and O–H groups in total. The molecule has 1 aromatic carbocycles. The topological polar surface area (TPSA) is 53.6 Å². The van der Waals surface area contributed by atoms with Gasteiger partial charge >= 0.3 is 6.03 Å². The standard InChI is InChI=1S/C21H33N3O2/c1-15(2)20(16-8-10-19(26-3)11-9-16)23-21(25)22-17-12-13-24(14-17)18-6-4-5-7-18/h8-11,15,17-18,20H,4-7,12-14H2,1-3H3,(H2,22,23,25). The van der Waals surface area contributed by atoms with Crippen LogP contribution < -0.4 is 15.4 Å². The van der Waals surface area contributed by atoms with Crippen LogP contribution in [-0.2, 0) is 0 Å². The summed E-state index contributed by atoms with van der Waals surface area (Å²) in [5.74, 6) is 1.14. The van der Waals surface area contributed by atoms with Gasteiger partial charge in [0.1, 0.15) is 5.75 Å². The fourth-order valence-corrected chi connectivity index (χ4v) is 4.32. The van der Waals surface area contributed by atoms with E-state index in [1.54, 1.807) is 7.11 Å². The van der Waals surface area contributed by atoms with E-state index in [-0.39, 0.29) is 18.1 Å². The number of carbonyl (C=O) groups excluding carboxylic acids is 1. The van der Waals surface area contributed by atoms with Crippen molar-refractivity contribution in [2.45, 2.75) is 64.1 Å². The third kappa shape index (κ3) is 4.70. The molecule has 5 nitrogen and oxygen atoms in total. The number of hydrogen-bond acceptors (Lipinski definition) is 3. The van der Waals surface area contributed by atoms with Gasteiger partial charge in [0.25, 0.3) is 0 Å². The minimum atomic E-state index is -0.0576. The lowest BCUT2D eigenvalue weighted by Crippen LogP contribution is -2.46. The van der Waals surface area contributed by atoms with Crippen LogP contribution in [0.5, 0.6) is 5.75 Å². The van der Waals surface area contributed by atoms with Crippen molar-refractivity contribution in [1.82, 2.24) is 15.5 Å². The van der Waals surface area contributed by atoms with E-state index in [1.807, 2.05) is 24.3 Å². The molecule has 26 heavy (non-hydrogen) atoms. The highest BCUT2D eigenvalue weighted by Gasteiger charge is 2.31. The normalized spacial score (nSPS) is 22.5. The number of nitrogens with one attached hydrogen (secondary N) is 2. The van der Waals surface area contributed by atoms with E-state index in [1.165, 1.54) is 25.7 Å². The SMILES string of the molecule is COc1ccc(C(NC(=O)NC2CCN(C3CCCC3)C2)C(C)C)cc1. The lowest BCUT2D eigenvalue weighted by atomic mass is 9.96. The summed E-state index contributed by atoms with van der Waals surface area (Å²) in [6.07, 6.45) is 6.42. The summed E-state index contributed by atoms with van der Waals surface area (Å²) in [4.78, 5) is 15.1. The molecule has 2 unspecified atom stereocenters. The van der Waals surface area contributed by atoms with Crippen molar-refractivity contribution in [3.05, 3.63) is 29.8 Å². The molecule has 0 aromatic heterocycles. The maximum Gasteiger partial charge on any atom is 0.315 e. The van der Waals surface area contributed by atoms with Crippen molar-refractivity contribution in [1.29, 1.82) is 0 Å². The summed E-state index contributed by atoms with van der Waals surface area (Å²) in [7, 11) is 1.66. The van der Waals surface area contributed by atoms with Crippen molar-refractivity contribution in [2.24, 2.45) is 5.92 Å². The number of rotatable bonds is 6. The number of likely N-dealkylation sites (tertiary alicyclic amines) is 1. The molecule has 0 radical (unpaired) electrons. The van der Waals surface area contributed by atoms with Gasteiger partial charge < -0.3 is 15.4 Å². The van der Waals surface area contributed by atoms with E-state index in [2.05, 4.69) is 29.4 Å². The van der Waals surface area contributed by atoms with Crippen molar-refractivity contribution >= 4 is 6.03 Å². The van der Waals surface area contributed by atoms with Crippen LogP contribution in [0.25, 0.3) is 0 Å². The largest absolute Gasteiger partial charge is 0.497 e. The number of benzene rings is 1. The summed E-state index contributed by atoms with van der Waals surface area (Å²) in [5, 5.41) is 6.37. The number of methoxy groups -OCH3 is 1. The smallest absolute Gasteiger partial charge is 0.315 e. The predicted molar refractivity (Wildman–Crippen MR) is 104 cm³/mol. The van der Waals surface area contributed by atoms with E-state index in [0.29, 0.717) is 5.92 Å². The summed E-state index contributed by atoms with van der Waals surface area (Å²) < 4.78 is 5.23. The molecule has 1 saturated heterocycles. The van der Waals surface area contributed by atoms with Crippen LogP contribution in [0.4, 0.5) is 4.79 Å². The van der Waals surface area contributed by atoms with Crippen LogP contribution >= 0.6 is 0 Å². The number of urea groups is 1.